The van der Waals surface area contributed by atoms with Crippen LogP contribution in [0.1, 0.15) is 13.8 Å². The maximum Gasteiger partial charge on any atom is 0.168 e. The molecule has 0 fully saturated rings. The second-order valence-electron chi connectivity index (χ2n) is 3.33. The van der Waals surface area contributed by atoms with Gasteiger partial charge in [0.1, 0.15) is 0 Å². The first-order valence-corrected chi connectivity index (χ1v) is 5.98. The Bertz CT molecular complexity index is 377. The number of thiocarbonyl (C=S) groups is 1. The summed E-state index contributed by atoms with van der Waals surface area (Å²) in [6, 6.07) is 5.71. The standard InChI is InChI=1S/C11H16ClN3S/c1-3-15(4-2)10-6-5-8(7-9(10)12)14-11(13)16/h5-7H,3-4H2,1-2H3,(H3,13,14,16). The molecule has 1 rings (SSSR count). The lowest BCUT2D eigenvalue weighted by molar-refractivity contribution is 0.866. The minimum absolute atomic E-state index is 0.242. The molecule has 0 saturated carbocycles. The van der Waals surface area contributed by atoms with Crippen LogP contribution in [-0.4, -0.2) is 18.2 Å². The average molecular weight is 258 g/mol. The van der Waals surface area contributed by atoms with E-state index in [0.717, 1.165) is 24.5 Å². The Labute approximate surface area is 107 Å². The first-order chi connectivity index (χ1) is 7.58. The molecule has 0 atom stereocenters. The van der Waals surface area contributed by atoms with Gasteiger partial charge in [-0.3, -0.25) is 0 Å². The normalized spacial score (nSPS) is 9.94. The van der Waals surface area contributed by atoms with Gasteiger partial charge in [0.05, 0.1) is 10.7 Å². The monoisotopic (exact) mass is 257 g/mol. The van der Waals surface area contributed by atoms with E-state index in [0.29, 0.717) is 5.02 Å². The van der Waals surface area contributed by atoms with E-state index in [2.05, 4.69) is 24.1 Å². The highest BCUT2D eigenvalue weighted by atomic mass is 35.5. The van der Waals surface area contributed by atoms with Crippen LogP contribution < -0.4 is 16.0 Å². The Morgan fingerprint density at radius 1 is 1.44 bits per heavy atom. The van der Waals surface area contributed by atoms with Gasteiger partial charge in [-0.15, -0.1) is 0 Å². The molecule has 0 bridgehead atoms. The molecule has 16 heavy (non-hydrogen) atoms. The predicted octanol–water partition coefficient (Wildman–Crippen LogP) is 2.84. The molecule has 0 spiro atoms. The van der Waals surface area contributed by atoms with Crippen LogP contribution in [0.3, 0.4) is 0 Å². The molecule has 1 aromatic rings. The molecule has 0 amide bonds. The average Bonchev–Trinajstić information content (AvgIpc) is 2.21. The fourth-order valence-electron chi connectivity index (χ4n) is 1.55. The van der Waals surface area contributed by atoms with Crippen molar-refractivity contribution in [2.24, 2.45) is 5.73 Å². The van der Waals surface area contributed by atoms with Crippen LogP contribution in [0, 0.1) is 0 Å². The van der Waals surface area contributed by atoms with E-state index in [1.807, 2.05) is 18.2 Å². The van der Waals surface area contributed by atoms with Crippen molar-refractivity contribution < 1.29 is 0 Å². The Kier molecular flexibility index (Phi) is 4.83. The minimum Gasteiger partial charge on any atom is -0.376 e. The molecule has 3 nitrogen and oxygen atoms in total. The molecule has 88 valence electrons. The van der Waals surface area contributed by atoms with E-state index in [1.54, 1.807) is 0 Å². The summed E-state index contributed by atoms with van der Waals surface area (Å²) < 4.78 is 0. The van der Waals surface area contributed by atoms with Crippen LogP contribution in [-0.2, 0) is 0 Å². The van der Waals surface area contributed by atoms with Crippen LogP contribution in [0.25, 0.3) is 0 Å². The summed E-state index contributed by atoms with van der Waals surface area (Å²) in [6.45, 7) is 6.05. The Morgan fingerprint density at radius 3 is 2.50 bits per heavy atom. The number of benzene rings is 1. The van der Waals surface area contributed by atoms with E-state index in [1.165, 1.54) is 0 Å². The van der Waals surface area contributed by atoms with Gasteiger partial charge in [-0.25, -0.2) is 0 Å². The van der Waals surface area contributed by atoms with Gasteiger partial charge in [-0.1, -0.05) is 11.6 Å². The number of nitrogens with zero attached hydrogens (tertiary/aromatic N) is 1. The van der Waals surface area contributed by atoms with Gasteiger partial charge in [0.25, 0.3) is 0 Å². The van der Waals surface area contributed by atoms with Gasteiger partial charge in [0, 0.05) is 18.8 Å². The van der Waals surface area contributed by atoms with Crippen molar-refractivity contribution in [1.82, 2.24) is 0 Å². The SMILES string of the molecule is CCN(CC)c1ccc(NC(N)=S)cc1Cl. The third kappa shape index (κ3) is 3.25. The molecule has 1 aromatic carbocycles. The van der Waals surface area contributed by atoms with E-state index in [9.17, 15) is 0 Å². The van der Waals surface area contributed by atoms with Gasteiger partial charge in [-0.05, 0) is 44.3 Å². The second kappa shape index (κ2) is 5.92. The van der Waals surface area contributed by atoms with Gasteiger partial charge in [-0.2, -0.15) is 0 Å². The summed E-state index contributed by atoms with van der Waals surface area (Å²) in [5.74, 6) is 0. The van der Waals surface area contributed by atoms with Crippen LogP contribution in [0.2, 0.25) is 5.02 Å². The lowest BCUT2D eigenvalue weighted by atomic mass is 10.2. The zero-order valence-electron chi connectivity index (χ0n) is 9.46. The first kappa shape index (κ1) is 13.1. The minimum atomic E-state index is 0.242. The highest BCUT2D eigenvalue weighted by molar-refractivity contribution is 7.80. The zero-order chi connectivity index (χ0) is 12.1. The van der Waals surface area contributed by atoms with Crippen LogP contribution in [0.15, 0.2) is 18.2 Å². The van der Waals surface area contributed by atoms with Gasteiger partial charge in [0.15, 0.2) is 5.11 Å². The fourth-order valence-corrected chi connectivity index (χ4v) is 1.97. The van der Waals surface area contributed by atoms with Crippen molar-refractivity contribution >= 4 is 40.3 Å². The molecule has 5 heteroatoms. The molecule has 0 aromatic heterocycles. The largest absolute Gasteiger partial charge is 0.376 e. The summed E-state index contributed by atoms with van der Waals surface area (Å²) in [7, 11) is 0. The van der Waals surface area contributed by atoms with Crippen LogP contribution in [0.5, 0.6) is 0 Å². The highest BCUT2D eigenvalue weighted by Crippen LogP contribution is 2.28. The number of hydrogen-bond acceptors (Lipinski definition) is 2. The van der Waals surface area contributed by atoms with Crippen LogP contribution in [0.4, 0.5) is 11.4 Å². The molecular weight excluding hydrogens is 242 g/mol. The molecule has 0 aliphatic heterocycles. The number of halogens is 1. The van der Waals surface area contributed by atoms with Crippen molar-refractivity contribution in [2.45, 2.75) is 13.8 Å². The third-order valence-corrected chi connectivity index (χ3v) is 2.72. The van der Waals surface area contributed by atoms with E-state index in [-0.39, 0.29) is 5.11 Å². The molecule has 0 unspecified atom stereocenters. The maximum absolute atomic E-state index is 6.20. The number of hydrogen-bond donors (Lipinski definition) is 2. The zero-order valence-corrected chi connectivity index (χ0v) is 11.0. The number of rotatable bonds is 4. The van der Waals surface area contributed by atoms with E-state index >= 15 is 0 Å². The van der Waals surface area contributed by atoms with Crippen molar-refractivity contribution in [1.29, 1.82) is 0 Å². The van der Waals surface area contributed by atoms with Crippen molar-refractivity contribution in [3.63, 3.8) is 0 Å². The maximum atomic E-state index is 6.20. The lowest BCUT2D eigenvalue weighted by Crippen LogP contribution is -2.22. The fraction of sp³-hybridized carbons (Fsp3) is 0.364. The second-order valence-corrected chi connectivity index (χ2v) is 4.17. The summed E-state index contributed by atoms with van der Waals surface area (Å²) >= 11 is 11.0. The number of nitrogens with two attached hydrogens (primary N) is 1. The van der Waals surface area contributed by atoms with Crippen molar-refractivity contribution in [2.75, 3.05) is 23.3 Å². The highest BCUT2D eigenvalue weighted by Gasteiger charge is 2.07. The predicted molar refractivity (Wildman–Crippen MR) is 75.4 cm³/mol. The summed E-state index contributed by atoms with van der Waals surface area (Å²) in [6.07, 6.45) is 0. The van der Waals surface area contributed by atoms with E-state index in [4.69, 9.17) is 29.6 Å². The number of nitrogens with one attached hydrogen (secondary N) is 1. The van der Waals surface area contributed by atoms with Crippen LogP contribution >= 0.6 is 23.8 Å². The quantitative estimate of drug-likeness (QED) is 0.814. The Morgan fingerprint density at radius 2 is 2.06 bits per heavy atom. The van der Waals surface area contributed by atoms with Crippen molar-refractivity contribution in [3.8, 4) is 0 Å². The Balaban J connectivity index is 2.94. The topological polar surface area (TPSA) is 41.3 Å². The van der Waals surface area contributed by atoms with Crippen molar-refractivity contribution in [3.05, 3.63) is 23.2 Å². The molecule has 0 aliphatic carbocycles. The van der Waals surface area contributed by atoms with Gasteiger partial charge >= 0.3 is 0 Å². The van der Waals surface area contributed by atoms with Gasteiger partial charge < -0.3 is 16.0 Å². The van der Waals surface area contributed by atoms with Gasteiger partial charge in [0.2, 0.25) is 0 Å². The molecular formula is C11H16ClN3S. The molecule has 3 N–H and O–H groups in total. The molecule has 0 saturated heterocycles. The number of anilines is 2. The molecule has 0 radical (unpaired) electrons. The lowest BCUT2D eigenvalue weighted by Gasteiger charge is -2.22. The van der Waals surface area contributed by atoms with E-state index < -0.39 is 0 Å². The summed E-state index contributed by atoms with van der Waals surface area (Å²) in [5.41, 5.74) is 7.23. The smallest absolute Gasteiger partial charge is 0.168 e. The molecule has 0 aliphatic rings. The molecule has 0 heterocycles. The first-order valence-electron chi connectivity index (χ1n) is 5.19. The summed E-state index contributed by atoms with van der Waals surface area (Å²) in [5, 5.41) is 3.80. The third-order valence-electron chi connectivity index (χ3n) is 2.32. The Hall–Kier alpha value is -1.00. The summed E-state index contributed by atoms with van der Waals surface area (Å²) in [4.78, 5) is 2.19.